The van der Waals surface area contributed by atoms with Gasteiger partial charge in [-0.25, -0.2) is 9.37 Å². The predicted molar refractivity (Wildman–Crippen MR) is 163 cm³/mol. The van der Waals surface area contributed by atoms with Crippen LogP contribution < -0.4 is 14.4 Å². The highest BCUT2D eigenvalue weighted by Gasteiger charge is 2.25. The molecule has 0 bridgehead atoms. The molecule has 2 aliphatic heterocycles. The van der Waals surface area contributed by atoms with Crippen molar-refractivity contribution < 1.29 is 23.8 Å². The van der Waals surface area contributed by atoms with E-state index in [9.17, 15) is 14.3 Å². The quantitative estimate of drug-likeness (QED) is 0.279. The Labute approximate surface area is 250 Å². The van der Waals surface area contributed by atoms with E-state index in [2.05, 4.69) is 23.1 Å². The first-order valence-electron chi connectivity index (χ1n) is 15.0. The Hall–Kier alpha value is -4.43. The van der Waals surface area contributed by atoms with Crippen LogP contribution in [0, 0.1) is 5.82 Å². The standard InChI is InChI=1S/C35H34FN3O4/c36-29-6-1-3-23(15-29)8-10-34(41)39(20-24-7-9-32-33(16-24)43-22-42-32)21-28-18-27-17-25-4-2-5-26(25)19-31(27)37-35(28)38-13-11-30(40)12-14-38/h1,3,6-10,15-19,30,40H,2,4-5,11-14,20-22H2/b10-8+. The number of fused-ring (bicyclic) bond motifs is 3. The number of halogens is 1. The zero-order valence-electron chi connectivity index (χ0n) is 24.0. The number of pyridine rings is 1. The molecule has 0 unspecified atom stereocenters. The van der Waals surface area contributed by atoms with Gasteiger partial charge in [0.05, 0.1) is 11.6 Å². The fourth-order valence-electron chi connectivity index (χ4n) is 6.31. The van der Waals surface area contributed by atoms with Crippen LogP contribution in [0.25, 0.3) is 17.0 Å². The van der Waals surface area contributed by atoms with E-state index in [0.717, 1.165) is 47.1 Å². The van der Waals surface area contributed by atoms with Gasteiger partial charge in [0.15, 0.2) is 11.5 Å². The first kappa shape index (κ1) is 27.4. The molecule has 43 heavy (non-hydrogen) atoms. The number of aromatic nitrogens is 1. The summed E-state index contributed by atoms with van der Waals surface area (Å²) in [4.78, 5) is 23.0. The van der Waals surface area contributed by atoms with Gasteiger partial charge in [0.1, 0.15) is 11.6 Å². The number of aliphatic hydroxyl groups excluding tert-OH is 1. The van der Waals surface area contributed by atoms with Gasteiger partial charge in [-0.15, -0.1) is 0 Å². The average Bonchev–Trinajstić information content (AvgIpc) is 3.67. The van der Waals surface area contributed by atoms with Crippen molar-refractivity contribution in [3.63, 3.8) is 0 Å². The SMILES string of the molecule is O=C(/C=C/c1cccc(F)c1)N(Cc1ccc2c(c1)OCO2)Cc1cc2cc3c(cc2nc1N1CCC(O)CC1)CCC3. The molecule has 0 spiro atoms. The number of anilines is 1. The molecule has 3 aliphatic rings. The Morgan fingerprint density at radius 1 is 1.00 bits per heavy atom. The molecule has 0 radical (unpaired) electrons. The van der Waals surface area contributed by atoms with Crippen LogP contribution in [0.2, 0.25) is 0 Å². The number of aryl methyl sites for hydroxylation is 2. The zero-order valence-corrected chi connectivity index (χ0v) is 24.0. The molecule has 3 aromatic carbocycles. The molecule has 220 valence electrons. The second-order valence-corrected chi connectivity index (χ2v) is 11.6. The van der Waals surface area contributed by atoms with Crippen molar-refractivity contribution in [2.75, 3.05) is 24.8 Å². The largest absolute Gasteiger partial charge is 0.454 e. The number of benzene rings is 3. The maximum atomic E-state index is 13.8. The minimum absolute atomic E-state index is 0.179. The number of piperidine rings is 1. The summed E-state index contributed by atoms with van der Waals surface area (Å²) in [5.74, 6) is 1.66. The number of hydrogen-bond donors (Lipinski definition) is 1. The summed E-state index contributed by atoms with van der Waals surface area (Å²) in [5.41, 5.74) is 6.19. The normalized spacial score (nSPS) is 16.3. The van der Waals surface area contributed by atoms with Gasteiger partial charge in [0, 0.05) is 43.2 Å². The lowest BCUT2D eigenvalue weighted by Gasteiger charge is -2.33. The third-order valence-corrected chi connectivity index (χ3v) is 8.60. The van der Waals surface area contributed by atoms with Gasteiger partial charge < -0.3 is 24.4 Å². The van der Waals surface area contributed by atoms with Crippen LogP contribution in [-0.2, 0) is 30.7 Å². The van der Waals surface area contributed by atoms with Gasteiger partial charge in [-0.1, -0.05) is 18.2 Å². The predicted octanol–water partition coefficient (Wildman–Crippen LogP) is 5.79. The van der Waals surface area contributed by atoms with Crippen LogP contribution in [0.1, 0.15) is 47.1 Å². The van der Waals surface area contributed by atoms with Gasteiger partial charge in [-0.05, 0) is 103 Å². The van der Waals surface area contributed by atoms with Gasteiger partial charge in [0.2, 0.25) is 12.7 Å². The van der Waals surface area contributed by atoms with E-state index in [1.165, 1.54) is 29.3 Å². The van der Waals surface area contributed by atoms with E-state index in [-0.39, 0.29) is 24.6 Å². The summed E-state index contributed by atoms with van der Waals surface area (Å²) in [7, 11) is 0. The van der Waals surface area contributed by atoms with Crippen LogP contribution in [0.4, 0.5) is 10.2 Å². The second-order valence-electron chi connectivity index (χ2n) is 11.6. The van der Waals surface area contributed by atoms with Gasteiger partial charge in [0.25, 0.3) is 0 Å². The van der Waals surface area contributed by atoms with Gasteiger partial charge >= 0.3 is 0 Å². The number of carbonyl (C=O) groups excluding carboxylic acids is 1. The highest BCUT2D eigenvalue weighted by atomic mass is 19.1. The number of aliphatic hydroxyl groups is 1. The summed E-state index contributed by atoms with van der Waals surface area (Å²) < 4.78 is 24.9. The van der Waals surface area contributed by atoms with Crippen LogP contribution >= 0.6 is 0 Å². The fourth-order valence-corrected chi connectivity index (χ4v) is 6.31. The highest BCUT2D eigenvalue weighted by Crippen LogP contribution is 2.34. The minimum atomic E-state index is -0.350. The van der Waals surface area contributed by atoms with E-state index >= 15 is 0 Å². The molecule has 1 aliphatic carbocycles. The molecular weight excluding hydrogens is 545 g/mol. The molecular formula is C35H34FN3O4. The van der Waals surface area contributed by atoms with Crippen LogP contribution in [0.15, 0.2) is 66.7 Å². The van der Waals surface area contributed by atoms with Crippen molar-refractivity contribution in [1.82, 2.24) is 9.88 Å². The van der Waals surface area contributed by atoms with Crippen molar-refractivity contribution >= 4 is 28.7 Å². The van der Waals surface area contributed by atoms with E-state index < -0.39 is 0 Å². The monoisotopic (exact) mass is 579 g/mol. The van der Waals surface area contributed by atoms with E-state index in [1.54, 1.807) is 23.1 Å². The first-order chi connectivity index (χ1) is 21.0. The molecule has 1 N–H and O–H groups in total. The molecule has 3 heterocycles. The maximum absolute atomic E-state index is 13.8. The summed E-state index contributed by atoms with van der Waals surface area (Å²) in [6.07, 6.45) is 7.51. The average molecular weight is 580 g/mol. The molecule has 1 fully saturated rings. The van der Waals surface area contributed by atoms with Crippen molar-refractivity contribution in [2.24, 2.45) is 0 Å². The molecule has 7 nitrogen and oxygen atoms in total. The topological polar surface area (TPSA) is 75.1 Å². The Morgan fingerprint density at radius 3 is 2.65 bits per heavy atom. The Balaban J connectivity index is 1.26. The number of carbonyl (C=O) groups is 1. The lowest BCUT2D eigenvalue weighted by atomic mass is 10.0. The smallest absolute Gasteiger partial charge is 0.247 e. The first-order valence-corrected chi connectivity index (χ1v) is 15.0. The zero-order chi connectivity index (χ0) is 29.3. The number of rotatable bonds is 7. The lowest BCUT2D eigenvalue weighted by Crippen LogP contribution is -2.37. The van der Waals surface area contributed by atoms with Crippen LogP contribution in [0.5, 0.6) is 11.5 Å². The van der Waals surface area contributed by atoms with Crippen molar-refractivity contribution in [3.05, 3.63) is 100 Å². The third-order valence-electron chi connectivity index (χ3n) is 8.60. The molecule has 0 saturated carbocycles. The summed E-state index contributed by atoms with van der Waals surface area (Å²) >= 11 is 0. The molecule has 1 saturated heterocycles. The number of nitrogens with zero attached hydrogens (tertiary/aromatic N) is 3. The lowest BCUT2D eigenvalue weighted by molar-refractivity contribution is -0.127. The Bertz CT molecular complexity index is 1710. The fraction of sp³-hybridized carbons (Fsp3) is 0.314. The molecule has 7 rings (SSSR count). The maximum Gasteiger partial charge on any atom is 0.247 e. The molecule has 4 aromatic rings. The van der Waals surface area contributed by atoms with Gasteiger partial charge in [-0.3, -0.25) is 4.79 Å². The summed E-state index contributed by atoms with van der Waals surface area (Å²) in [6.45, 7) is 2.25. The minimum Gasteiger partial charge on any atom is -0.454 e. The van der Waals surface area contributed by atoms with Crippen molar-refractivity contribution in [3.8, 4) is 11.5 Å². The van der Waals surface area contributed by atoms with Gasteiger partial charge in [-0.2, -0.15) is 0 Å². The van der Waals surface area contributed by atoms with Crippen LogP contribution in [0.3, 0.4) is 0 Å². The molecule has 1 amide bonds. The van der Waals surface area contributed by atoms with E-state index in [1.807, 2.05) is 18.2 Å². The van der Waals surface area contributed by atoms with Crippen molar-refractivity contribution in [2.45, 2.75) is 51.3 Å². The number of ether oxygens (including phenoxy) is 2. The van der Waals surface area contributed by atoms with Crippen molar-refractivity contribution in [1.29, 1.82) is 0 Å². The van der Waals surface area contributed by atoms with Crippen LogP contribution in [-0.4, -0.2) is 46.9 Å². The molecule has 0 atom stereocenters. The van der Waals surface area contributed by atoms with E-state index in [4.69, 9.17) is 14.5 Å². The molecule has 1 aromatic heterocycles. The molecule has 8 heteroatoms. The Kier molecular flexibility index (Phi) is 7.45. The third kappa shape index (κ3) is 5.92. The van der Waals surface area contributed by atoms with E-state index in [0.29, 0.717) is 56.1 Å². The summed E-state index contributed by atoms with van der Waals surface area (Å²) in [6, 6.07) is 18.6. The number of hydrogen-bond acceptors (Lipinski definition) is 6. The number of amides is 1. The Morgan fingerprint density at radius 2 is 1.81 bits per heavy atom. The second kappa shape index (κ2) is 11.7. The highest BCUT2D eigenvalue weighted by molar-refractivity contribution is 5.92. The summed E-state index contributed by atoms with van der Waals surface area (Å²) in [5, 5.41) is 11.3.